The number of aromatic amines is 1. The number of pyridine rings is 1. The van der Waals surface area contributed by atoms with Gasteiger partial charge >= 0.3 is 0 Å². The molecule has 11 nitrogen and oxygen atoms in total. The number of aromatic nitrogens is 6. The fourth-order valence-electron chi connectivity index (χ4n) is 3.79. The van der Waals surface area contributed by atoms with E-state index in [-0.39, 0.29) is 23.0 Å². The van der Waals surface area contributed by atoms with Crippen molar-refractivity contribution >= 4 is 23.5 Å². The molecule has 0 spiro atoms. The summed E-state index contributed by atoms with van der Waals surface area (Å²) in [4.78, 5) is 29.3. The van der Waals surface area contributed by atoms with Crippen LogP contribution in [0.4, 0.5) is 5.82 Å². The average molecular weight is 530 g/mol. The summed E-state index contributed by atoms with van der Waals surface area (Å²) in [6.07, 6.45) is 3.33. The molecule has 1 amide bonds. The molecule has 0 radical (unpaired) electrons. The Morgan fingerprint density at radius 3 is 2.53 bits per heavy atom. The molecular formula is C26H23N7O4S. The lowest BCUT2D eigenvalue weighted by atomic mass is 10.2. The van der Waals surface area contributed by atoms with Crippen LogP contribution in [-0.4, -0.2) is 55.4 Å². The first-order valence-electron chi connectivity index (χ1n) is 11.5. The molecule has 5 aromatic rings. The van der Waals surface area contributed by atoms with Gasteiger partial charge in [-0.15, -0.1) is 10.2 Å². The fourth-order valence-corrected chi connectivity index (χ4v) is 4.53. The van der Waals surface area contributed by atoms with Gasteiger partial charge in [-0.2, -0.15) is 0 Å². The molecule has 192 valence electrons. The normalized spacial score (nSPS) is 10.8. The monoisotopic (exact) mass is 529 g/mol. The minimum atomic E-state index is -0.325. The number of para-hydroxylation sites is 1. The van der Waals surface area contributed by atoms with E-state index in [2.05, 4.69) is 25.6 Å². The van der Waals surface area contributed by atoms with Crippen LogP contribution in [0.1, 0.15) is 0 Å². The molecule has 0 fully saturated rings. The zero-order valence-electron chi connectivity index (χ0n) is 20.5. The van der Waals surface area contributed by atoms with Crippen molar-refractivity contribution < 1.29 is 14.3 Å². The molecule has 0 aliphatic rings. The van der Waals surface area contributed by atoms with E-state index >= 15 is 0 Å². The van der Waals surface area contributed by atoms with Crippen molar-refractivity contribution in [1.29, 1.82) is 0 Å². The number of rotatable bonds is 9. The molecule has 0 saturated carbocycles. The van der Waals surface area contributed by atoms with Gasteiger partial charge in [-0.05, 0) is 36.4 Å². The van der Waals surface area contributed by atoms with Crippen LogP contribution in [0.3, 0.4) is 0 Å². The maximum absolute atomic E-state index is 12.8. The second-order valence-corrected chi connectivity index (χ2v) is 8.87. The first-order chi connectivity index (χ1) is 18.6. The number of carbonyl (C=O) groups is 1. The van der Waals surface area contributed by atoms with E-state index in [0.717, 1.165) is 5.56 Å². The molecule has 2 N–H and O–H groups in total. The number of thioether (sulfide) groups is 1. The molecule has 0 atom stereocenters. The third kappa shape index (κ3) is 5.15. The summed E-state index contributed by atoms with van der Waals surface area (Å²) in [7, 11) is 3.15. The van der Waals surface area contributed by atoms with E-state index in [4.69, 9.17) is 9.47 Å². The van der Waals surface area contributed by atoms with Crippen molar-refractivity contribution in [1.82, 2.24) is 29.5 Å². The molecule has 38 heavy (non-hydrogen) atoms. The van der Waals surface area contributed by atoms with Crippen molar-refractivity contribution in [2.45, 2.75) is 5.16 Å². The van der Waals surface area contributed by atoms with Gasteiger partial charge in [0.2, 0.25) is 5.91 Å². The summed E-state index contributed by atoms with van der Waals surface area (Å²) in [5.41, 5.74) is 1.81. The van der Waals surface area contributed by atoms with E-state index in [1.54, 1.807) is 50.9 Å². The number of methoxy groups -OCH3 is 2. The van der Waals surface area contributed by atoms with Gasteiger partial charge in [-0.25, -0.2) is 4.68 Å². The van der Waals surface area contributed by atoms with Crippen molar-refractivity contribution in [2.24, 2.45) is 0 Å². The summed E-state index contributed by atoms with van der Waals surface area (Å²) in [5, 5.41) is 14.9. The first-order valence-corrected chi connectivity index (χ1v) is 12.4. The number of amides is 1. The predicted molar refractivity (Wildman–Crippen MR) is 143 cm³/mol. The highest BCUT2D eigenvalue weighted by Gasteiger charge is 2.21. The number of carbonyl (C=O) groups excluding carboxylic acids is 1. The Balaban J connectivity index is 1.41. The molecule has 0 aliphatic heterocycles. The maximum Gasteiger partial charge on any atom is 0.273 e. The number of ether oxygens (including phenoxy) is 2. The van der Waals surface area contributed by atoms with Gasteiger partial charge in [0.15, 0.2) is 11.0 Å². The number of nitrogens with zero attached hydrogens (tertiary/aromatic N) is 5. The van der Waals surface area contributed by atoms with Crippen molar-refractivity contribution in [3.8, 4) is 34.3 Å². The molecule has 2 aromatic carbocycles. The van der Waals surface area contributed by atoms with Gasteiger partial charge in [0.1, 0.15) is 17.3 Å². The second kappa shape index (κ2) is 11.0. The summed E-state index contributed by atoms with van der Waals surface area (Å²) in [6, 6.07) is 19.5. The first kappa shape index (κ1) is 24.8. The van der Waals surface area contributed by atoms with Crippen molar-refractivity contribution in [3.05, 3.63) is 89.5 Å². The van der Waals surface area contributed by atoms with Gasteiger partial charge < -0.3 is 14.8 Å². The number of anilines is 1. The lowest BCUT2D eigenvalue weighted by Crippen LogP contribution is -2.15. The number of benzene rings is 2. The van der Waals surface area contributed by atoms with Crippen LogP contribution in [0, 0.1) is 0 Å². The summed E-state index contributed by atoms with van der Waals surface area (Å²) < 4.78 is 14.2. The zero-order chi connectivity index (χ0) is 26.5. The minimum absolute atomic E-state index is 0.0132. The van der Waals surface area contributed by atoms with Crippen LogP contribution in [-0.2, 0) is 4.79 Å². The summed E-state index contributed by atoms with van der Waals surface area (Å²) >= 11 is 1.19. The molecule has 3 heterocycles. The van der Waals surface area contributed by atoms with Crippen molar-refractivity contribution in [2.75, 3.05) is 25.3 Å². The summed E-state index contributed by atoms with van der Waals surface area (Å²) in [6.45, 7) is 0. The Morgan fingerprint density at radius 2 is 1.79 bits per heavy atom. The Labute approximate surface area is 221 Å². The van der Waals surface area contributed by atoms with Gasteiger partial charge in [0.05, 0.1) is 31.3 Å². The Bertz CT molecular complexity index is 1610. The average Bonchev–Trinajstić information content (AvgIpc) is 3.55. The molecule has 3 aromatic heterocycles. The second-order valence-electron chi connectivity index (χ2n) is 7.93. The number of nitrogens with one attached hydrogen (secondary N) is 2. The SMILES string of the molecule is COc1ccc(OC)c(-n2c(SCC(=O)Nc3cc(=O)n(-c4ccccc4)[nH]3)nnc2-c2ccncc2)c1. The highest BCUT2D eigenvalue weighted by molar-refractivity contribution is 7.99. The van der Waals surface area contributed by atoms with Gasteiger partial charge in [0.25, 0.3) is 5.56 Å². The zero-order valence-corrected chi connectivity index (χ0v) is 21.3. The number of hydrogen-bond donors (Lipinski definition) is 2. The van der Waals surface area contributed by atoms with Gasteiger partial charge in [0, 0.05) is 30.1 Å². The largest absolute Gasteiger partial charge is 0.497 e. The standard InChI is InChI=1S/C26H23N7O4S/c1-36-19-8-9-21(37-2)20(14-19)32-25(17-10-12-27-13-11-17)29-30-26(32)38-16-23(34)28-22-15-24(35)33(31-22)18-6-4-3-5-7-18/h3-15,31H,16H2,1-2H3,(H,28,34). The quantitative estimate of drug-likeness (QED) is 0.277. The van der Waals surface area contributed by atoms with Crippen molar-refractivity contribution in [3.63, 3.8) is 0 Å². The highest BCUT2D eigenvalue weighted by Crippen LogP contribution is 2.34. The molecule has 0 aliphatic carbocycles. The maximum atomic E-state index is 12.8. The number of hydrogen-bond acceptors (Lipinski definition) is 8. The molecule has 12 heteroatoms. The van der Waals surface area contributed by atoms with Crippen LogP contribution < -0.4 is 20.3 Å². The molecule has 0 saturated heterocycles. The van der Waals surface area contributed by atoms with E-state index < -0.39 is 0 Å². The van der Waals surface area contributed by atoms with Crippen LogP contribution in [0.25, 0.3) is 22.8 Å². The summed E-state index contributed by atoms with van der Waals surface area (Å²) in [5.74, 6) is 1.72. The van der Waals surface area contributed by atoms with Gasteiger partial charge in [-0.3, -0.25) is 24.2 Å². The third-order valence-corrected chi connectivity index (χ3v) is 6.47. The lowest BCUT2D eigenvalue weighted by molar-refractivity contribution is -0.113. The fraction of sp³-hybridized carbons (Fsp3) is 0.115. The molecule has 0 unspecified atom stereocenters. The van der Waals surface area contributed by atoms with E-state index in [9.17, 15) is 9.59 Å². The van der Waals surface area contributed by atoms with Crippen LogP contribution >= 0.6 is 11.8 Å². The lowest BCUT2D eigenvalue weighted by Gasteiger charge is -2.15. The smallest absolute Gasteiger partial charge is 0.273 e. The van der Waals surface area contributed by atoms with Crippen LogP contribution in [0.15, 0.2) is 89.1 Å². The highest BCUT2D eigenvalue weighted by atomic mass is 32.2. The third-order valence-electron chi connectivity index (χ3n) is 5.54. The Hall–Kier alpha value is -4.84. The van der Waals surface area contributed by atoms with Crippen LogP contribution in [0.2, 0.25) is 0 Å². The van der Waals surface area contributed by atoms with Gasteiger partial charge in [-0.1, -0.05) is 30.0 Å². The Morgan fingerprint density at radius 1 is 1.00 bits per heavy atom. The Kier molecular flexibility index (Phi) is 7.22. The molecule has 5 rings (SSSR count). The van der Waals surface area contributed by atoms with E-state index in [1.165, 1.54) is 22.5 Å². The van der Waals surface area contributed by atoms with E-state index in [1.807, 2.05) is 41.0 Å². The predicted octanol–water partition coefficient (Wildman–Crippen LogP) is 3.56. The topological polar surface area (TPSA) is 129 Å². The van der Waals surface area contributed by atoms with E-state index in [0.29, 0.717) is 33.9 Å². The minimum Gasteiger partial charge on any atom is -0.497 e. The molecule has 0 bridgehead atoms. The van der Waals surface area contributed by atoms with Crippen LogP contribution in [0.5, 0.6) is 11.5 Å². The number of H-pyrrole nitrogens is 1. The molecular weight excluding hydrogens is 506 g/mol.